The van der Waals surface area contributed by atoms with Crippen LogP contribution in [-0.2, 0) is 14.8 Å². The summed E-state index contributed by atoms with van der Waals surface area (Å²) < 4.78 is 32.8. The van der Waals surface area contributed by atoms with E-state index in [0.717, 1.165) is 17.4 Å². The van der Waals surface area contributed by atoms with Crippen molar-refractivity contribution in [3.8, 4) is 0 Å². The minimum absolute atomic E-state index is 0.0754. The van der Waals surface area contributed by atoms with Gasteiger partial charge in [0.2, 0.25) is 10.0 Å². The Hall–Kier alpha value is -2.01. The van der Waals surface area contributed by atoms with Crippen molar-refractivity contribution in [2.45, 2.75) is 24.3 Å². The predicted molar refractivity (Wildman–Crippen MR) is 104 cm³/mol. The third-order valence-electron chi connectivity index (χ3n) is 4.39. The molecule has 2 heterocycles. The minimum Gasteiger partial charge on any atom is -0.379 e. The third kappa shape index (κ3) is 4.29. The van der Waals surface area contributed by atoms with Crippen LogP contribution in [-0.4, -0.2) is 43.9 Å². The number of benzene rings is 1. The summed E-state index contributed by atoms with van der Waals surface area (Å²) in [6.45, 7) is 3.07. The molecule has 0 aliphatic carbocycles. The van der Waals surface area contributed by atoms with Crippen LogP contribution in [0.15, 0.2) is 40.6 Å². The number of rotatable bonds is 7. The van der Waals surface area contributed by atoms with Crippen molar-refractivity contribution in [2.24, 2.45) is 0 Å². The largest absolute Gasteiger partial charge is 0.379 e. The molecule has 1 aliphatic rings. The minimum atomic E-state index is -3.88. The Morgan fingerprint density at radius 1 is 1.33 bits per heavy atom. The molecule has 0 saturated carbocycles. The van der Waals surface area contributed by atoms with Crippen molar-refractivity contribution in [1.82, 2.24) is 4.31 Å². The number of hydrogen-bond acceptors (Lipinski definition) is 7. The fourth-order valence-corrected chi connectivity index (χ4v) is 5.38. The molecule has 1 saturated heterocycles. The highest BCUT2D eigenvalue weighted by Crippen LogP contribution is 2.33. The van der Waals surface area contributed by atoms with E-state index in [2.05, 4.69) is 5.32 Å². The molecule has 1 atom stereocenters. The number of non-ortho nitro benzene ring substituents is 1. The van der Waals surface area contributed by atoms with Gasteiger partial charge in [-0.1, -0.05) is 13.0 Å². The lowest BCUT2D eigenvalue weighted by Crippen LogP contribution is -2.40. The lowest BCUT2D eigenvalue weighted by molar-refractivity contribution is -0.385. The van der Waals surface area contributed by atoms with Gasteiger partial charge in [-0.2, -0.15) is 4.31 Å². The van der Waals surface area contributed by atoms with Crippen molar-refractivity contribution < 1.29 is 18.1 Å². The zero-order chi connectivity index (χ0) is 19.4. The van der Waals surface area contributed by atoms with Crippen molar-refractivity contribution >= 4 is 32.7 Å². The van der Waals surface area contributed by atoms with Crippen molar-refractivity contribution in [3.63, 3.8) is 0 Å². The normalized spacial score (nSPS) is 16.8. The first-order valence-corrected chi connectivity index (χ1v) is 10.9. The van der Waals surface area contributed by atoms with Gasteiger partial charge in [0.25, 0.3) is 5.69 Å². The molecular formula is C17H21N3O5S2. The topological polar surface area (TPSA) is 102 Å². The number of thiophene rings is 1. The molecule has 8 nitrogen and oxygen atoms in total. The van der Waals surface area contributed by atoms with Crippen molar-refractivity contribution in [2.75, 3.05) is 31.6 Å². The zero-order valence-corrected chi connectivity index (χ0v) is 16.5. The van der Waals surface area contributed by atoms with E-state index in [0.29, 0.717) is 18.9 Å². The number of anilines is 1. The standard InChI is InChI=1S/C17H21N3O5S2/c1-2-14(16-4-3-11-26-16)18-15-6-5-13(20(21)22)12-17(15)27(23,24)19-7-9-25-10-8-19/h3-6,11-12,14,18H,2,7-10H2,1H3. The van der Waals surface area contributed by atoms with E-state index in [1.807, 2.05) is 24.4 Å². The summed E-state index contributed by atoms with van der Waals surface area (Å²) in [5, 5.41) is 16.4. The summed E-state index contributed by atoms with van der Waals surface area (Å²) in [4.78, 5) is 11.6. The number of ether oxygens (including phenoxy) is 1. The monoisotopic (exact) mass is 411 g/mol. The molecule has 1 aliphatic heterocycles. The van der Waals surface area contributed by atoms with Gasteiger partial charge in [0.05, 0.1) is 29.9 Å². The molecular weight excluding hydrogens is 390 g/mol. The fraction of sp³-hybridized carbons (Fsp3) is 0.412. The first-order chi connectivity index (χ1) is 12.9. The highest BCUT2D eigenvalue weighted by molar-refractivity contribution is 7.89. The molecule has 1 unspecified atom stereocenters. The van der Waals surface area contributed by atoms with E-state index >= 15 is 0 Å². The van der Waals surface area contributed by atoms with Crippen LogP contribution in [0, 0.1) is 10.1 Å². The lowest BCUT2D eigenvalue weighted by Gasteiger charge is -2.27. The highest BCUT2D eigenvalue weighted by Gasteiger charge is 2.31. The Morgan fingerprint density at radius 2 is 2.07 bits per heavy atom. The number of sulfonamides is 1. The Bertz CT molecular complexity index is 893. The maximum absolute atomic E-state index is 13.1. The summed E-state index contributed by atoms with van der Waals surface area (Å²) in [5.74, 6) is 0. The summed E-state index contributed by atoms with van der Waals surface area (Å²) in [5.41, 5.74) is 0.115. The van der Waals surface area contributed by atoms with Crippen LogP contribution < -0.4 is 5.32 Å². The zero-order valence-electron chi connectivity index (χ0n) is 14.8. The van der Waals surface area contributed by atoms with Crippen LogP contribution in [0.1, 0.15) is 24.3 Å². The average molecular weight is 412 g/mol. The Kier molecular flexibility index (Phi) is 6.10. The van der Waals surface area contributed by atoms with Gasteiger partial charge < -0.3 is 10.1 Å². The molecule has 1 aromatic heterocycles. The van der Waals surface area contributed by atoms with E-state index in [4.69, 9.17) is 4.74 Å². The van der Waals surface area contributed by atoms with Crippen molar-refractivity contribution in [1.29, 1.82) is 0 Å². The van der Waals surface area contributed by atoms with Gasteiger partial charge in [0.1, 0.15) is 4.90 Å². The third-order valence-corrected chi connectivity index (χ3v) is 7.31. The van der Waals surface area contributed by atoms with Crippen LogP contribution in [0.2, 0.25) is 0 Å². The fourth-order valence-electron chi connectivity index (χ4n) is 2.93. The maximum Gasteiger partial charge on any atom is 0.270 e. The van der Waals surface area contributed by atoms with Crippen LogP contribution in [0.5, 0.6) is 0 Å². The van der Waals surface area contributed by atoms with E-state index in [9.17, 15) is 18.5 Å². The molecule has 146 valence electrons. The summed E-state index contributed by atoms with van der Waals surface area (Å²) >= 11 is 1.58. The lowest BCUT2D eigenvalue weighted by atomic mass is 10.1. The Labute approximate surface area is 162 Å². The van der Waals surface area contributed by atoms with Gasteiger partial charge in [0, 0.05) is 30.1 Å². The Balaban J connectivity index is 2.01. The predicted octanol–water partition coefficient (Wildman–Crippen LogP) is 3.24. The van der Waals surface area contributed by atoms with E-state index in [1.165, 1.54) is 16.4 Å². The summed E-state index contributed by atoms with van der Waals surface area (Å²) in [6, 6.07) is 7.77. The molecule has 0 bridgehead atoms. The first-order valence-electron chi connectivity index (χ1n) is 8.59. The number of hydrogen-bond donors (Lipinski definition) is 1. The number of nitrogens with zero attached hydrogens (tertiary/aromatic N) is 2. The molecule has 10 heteroatoms. The SMILES string of the molecule is CCC(Nc1ccc([N+](=O)[O-])cc1S(=O)(=O)N1CCOCC1)c1cccs1. The summed E-state index contributed by atoms with van der Waals surface area (Å²) in [7, 11) is -3.88. The highest BCUT2D eigenvalue weighted by atomic mass is 32.2. The smallest absolute Gasteiger partial charge is 0.270 e. The van der Waals surface area contributed by atoms with Crippen LogP contribution in [0.25, 0.3) is 0 Å². The first kappa shape index (κ1) is 19.7. The van der Waals surface area contributed by atoms with Gasteiger partial charge >= 0.3 is 0 Å². The number of morpholine rings is 1. The van der Waals surface area contributed by atoms with Gasteiger partial charge in [-0.05, 0) is 23.9 Å². The van der Waals surface area contributed by atoms with Gasteiger partial charge in [-0.15, -0.1) is 11.3 Å². The van der Waals surface area contributed by atoms with Crippen LogP contribution in [0.3, 0.4) is 0 Å². The average Bonchev–Trinajstić information content (AvgIpc) is 3.21. The molecule has 0 radical (unpaired) electrons. The van der Waals surface area contributed by atoms with E-state index in [-0.39, 0.29) is 29.7 Å². The second-order valence-corrected chi connectivity index (χ2v) is 8.96. The quantitative estimate of drug-likeness (QED) is 0.554. The molecule has 1 N–H and O–H groups in total. The van der Waals surface area contributed by atoms with E-state index in [1.54, 1.807) is 11.3 Å². The van der Waals surface area contributed by atoms with Crippen LogP contribution in [0.4, 0.5) is 11.4 Å². The van der Waals surface area contributed by atoms with Gasteiger partial charge in [-0.3, -0.25) is 10.1 Å². The molecule has 3 rings (SSSR count). The molecule has 1 aromatic carbocycles. The Morgan fingerprint density at radius 3 is 2.67 bits per heavy atom. The maximum atomic E-state index is 13.1. The summed E-state index contributed by atoms with van der Waals surface area (Å²) in [6.07, 6.45) is 0.745. The second-order valence-electron chi connectivity index (χ2n) is 6.07. The number of nitro groups is 1. The number of nitrogens with one attached hydrogen (secondary N) is 1. The molecule has 1 fully saturated rings. The second kappa shape index (κ2) is 8.34. The van der Waals surface area contributed by atoms with Gasteiger partial charge in [-0.25, -0.2) is 8.42 Å². The molecule has 27 heavy (non-hydrogen) atoms. The van der Waals surface area contributed by atoms with Gasteiger partial charge in [0.15, 0.2) is 0 Å². The van der Waals surface area contributed by atoms with E-state index < -0.39 is 14.9 Å². The molecule has 0 spiro atoms. The van der Waals surface area contributed by atoms with Crippen LogP contribution >= 0.6 is 11.3 Å². The number of nitro benzene ring substituents is 1. The molecule has 0 amide bonds. The molecule has 2 aromatic rings. The van der Waals surface area contributed by atoms with Crippen molar-refractivity contribution in [3.05, 3.63) is 50.7 Å².